The second-order valence-electron chi connectivity index (χ2n) is 5.33. The summed E-state index contributed by atoms with van der Waals surface area (Å²) in [5.41, 5.74) is -0.260. The second-order valence-corrected chi connectivity index (χ2v) is 5.33. The molecule has 1 saturated heterocycles. The van der Waals surface area contributed by atoms with Gasteiger partial charge < -0.3 is 0 Å². The Bertz CT molecular complexity index is 581. The zero-order valence-corrected chi connectivity index (χ0v) is 11.1. The van der Waals surface area contributed by atoms with Crippen LogP contribution in [0.1, 0.15) is 37.8 Å². The van der Waals surface area contributed by atoms with Crippen LogP contribution >= 0.6 is 0 Å². The van der Waals surface area contributed by atoms with Crippen LogP contribution in [0.4, 0.5) is 4.79 Å². The van der Waals surface area contributed by atoms with Crippen LogP contribution in [0.3, 0.4) is 0 Å². The minimum absolute atomic E-state index is 0.381. The summed E-state index contributed by atoms with van der Waals surface area (Å²) in [7, 11) is 0. The van der Waals surface area contributed by atoms with E-state index in [1.165, 1.54) is 0 Å². The molecule has 6 nitrogen and oxygen atoms in total. The number of carbonyl (C=O) groups is 3. The van der Waals surface area contributed by atoms with E-state index in [0.29, 0.717) is 12.8 Å². The van der Waals surface area contributed by atoms with Gasteiger partial charge in [0.2, 0.25) is 11.8 Å². The number of barbiturate groups is 1. The number of nitrogens with zero attached hydrogens (tertiary/aromatic N) is 2. The largest absolute Gasteiger partial charge is 0.331 e. The molecule has 0 bridgehead atoms. The standard InChI is InChI=1S/C14H15N3O3/c1-9(10-4-2-7-15-8-10)17-12(19)14(5-3-6-14)11(18)16-13(17)20/h2,4,7-9H,3,5-6H2,1H3,(H,16,18,20). The predicted molar refractivity (Wildman–Crippen MR) is 69.3 cm³/mol. The third-order valence-corrected chi connectivity index (χ3v) is 4.26. The van der Waals surface area contributed by atoms with Gasteiger partial charge in [0.05, 0.1) is 6.04 Å². The summed E-state index contributed by atoms with van der Waals surface area (Å²) in [6, 6.07) is 2.47. The minimum Gasteiger partial charge on any atom is -0.277 e. The number of hydrogen-bond acceptors (Lipinski definition) is 4. The molecule has 20 heavy (non-hydrogen) atoms. The van der Waals surface area contributed by atoms with E-state index in [9.17, 15) is 14.4 Å². The van der Waals surface area contributed by atoms with Gasteiger partial charge in [-0.15, -0.1) is 0 Å². The molecular formula is C14H15N3O3. The highest BCUT2D eigenvalue weighted by Gasteiger charge is 2.58. The van der Waals surface area contributed by atoms with Crippen molar-refractivity contribution in [2.24, 2.45) is 5.41 Å². The van der Waals surface area contributed by atoms with Crippen molar-refractivity contribution in [2.75, 3.05) is 0 Å². The fourth-order valence-corrected chi connectivity index (χ4v) is 2.79. The van der Waals surface area contributed by atoms with Crippen molar-refractivity contribution in [3.8, 4) is 0 Å². The minimum atomic E-state index is -1.02. The molecule has 104 valence electrons. The number of amides is 4. The average molecular weight is 273 g/mol. The summed E-state index contributed by atoms with van der Waals surface area (Å²) in [6.45, 7) is 1.76. The quantitative estimate of drug-likeness (QED) is 0.826. The summed E-state index contributed by atoms with van der Waals surface area (Å²) in [6.07, 6.45) is 5.12. The van der Waals surface area contributed by atoms with Crippen molar-refractivity contribution >= 4 is 17.8 Å². The van der Waals surface area contributed by atoms with Gasteiger partial charge in [0.1, 0.15) is 5.41 Å². The smallest absolute Gasteiger partial charge is 0.277 e. The van der Waals surface area contributed by atoms with Crippen LogP contribution in [0.5, 0.6) is 0 Å². The maximum Gasteiger partial charge on any atom is 0.331 e. The van der Waals surface area contributed by atoms with Gasteiger partial charge in [0.25, 0.3) is 0 Å². The fourth-order valence-electron chi connectivity index (χ4n) is 2.79. The number of nitrogens with one attached hydrogen (secondary N) is 1. The highest BCUT2D eigenvalue weighted by molar-refractivity contribution is 6.19. The Morgan fingerprint density at radius 3 is 2.65 bits per heavy atom. The Kier molecular flexibility index (Phi) is 2.81. The molecule has 0 aromatic carbocycles. The van der Waals surface area contributed by atoms with E-state index in [1.807, 2.05) is 6.07 Å². The lowest BCUT2D eigenvalue weighted by molar-refractivity contribution is -0.159. The molecule has 0 radical (unpaired) electrons. The van der Waals surface area contributed by atoms with E-state index in [-0.39, 0.29) is 5.91 Å². The summed E-state index contributed by atoms with van der Waals surface area (Å²) in [5.74, 6) is -0.831. The van der Waals surface area contributed by atoms with Crippen LogP contribution in [0.2, 0.25) is 0 Å². The lowest BCUT2D eigenvalue weighted by Crippen LogP contribution is -2.66. The lowest BCUT2D eigenvalue weighted by Gasteiger charge is -2.46. The summed E-state index contributed by atoms with van der Waals surface area (Å²) < 4.78 is 0. The second kappa shape index (κ2) is 4.40. The van der Waals surface area contributed by atoms with Crippen LogP contribution in [0.25, 0.3) is 0 Å². The molecule has 1 spiro atoms. The fraction of sp³-hybridized carbons (Fsp3) is 0.429. The van der Waals surface area contributed by atoms with Gasteiger partial charge in [-0.05, 0) is 31.4 Å². The van der Waals surface area contributed by atoms with Crippen molar-refractivity contribution in [1.29, 1.82) is 0 Å². The number of hydrogen-bond donors (Lipinski definition) is 1. The Balaban J connectivity index is 1.94. The van der Waals surface area contributed by atoms with E-state index in [0.717, 1.165) is 16.9 Å². The number of rotatable bonds is 2. The zero-order valence-electron chi connectivity index (χ0n) is 11.1. The van der Waals surface area contributed by atoms with Gasteiger partial charge in [0.15, 0.2) is 0 Å². The monoisotopic (exact) mass is 273 g/mol. The number of urea groups is 1. The van der Waals surface area contributed by atoms with Crippen molar-refractivity contribution in [2.45, 2.75) is 32.2 Å². The van der Waals surface area contributed by atoms with Crippen LogP contribution < -0.4 is 5.32 Å². The third-order valence-electron chi connectivity index (χ3n) is 4.26. The normalized spacial score (nSPS) is 22.4. The summed E-state index contributed by atoms with van der Waals surface area (Å²) in [4.78, 5) is 41.7. The average Bonchev–Trinajstić information content (AvgIpc) is 2.37. The highest BCUT2D eigenvalue weighted by atomic mass is 16.2. The molecule has 2 fully saturated rings. The third kappa shape index (κ3) is 1.64. The Morgan fingerprint density at radius 1 is 1.35 bits per heavy atom. The topological polar surface area (TPSA) is 79.4 Å². The maximum atomic E-state index is 12.6. The van der Waals surface area contributed by atoms with Gasteiger partial charge >= 0.3 is 6.03 Å². The molecule has 1 saturated carbocycles. The van der Waals surface area contributed by atoms with Crippen molar-refractivity contribution in [3.63, 3.8) is 0 Å². The first-order valence-electron chi connectivity index (χ1n) is 6.65. The van der Waals surface area contributed by atoms with Gasteiger partial charge in [0, 0.05) is 12.4 Å². The van der Waals surface area contributed by atoms with E-state index < -0.39 is 23.4 Å². The molecular weight excluding hydrogens is 258 g/mol. The summed E-state index contributed by atoms with van der Waals surface area (Å²) in [5, 5.41) is 2.31. The number of pyridine rings is 1. The van der Waals surface area contributed by atoms with Crippen LogP contribution in [-0.2, 0) is 9.59 Å². The lowest BCUT2D eigenvalue weighted by atomic mass is 9.66. The maximum absolute atomic E-state index is 12.6. The van der Waals surface area contributed by atoms with Crippen LogP contribution in [0, 0.1) is 5.41 Å². The first-order chi connectivity index (χ1) is 9.56. The molecule has 1 aliphatic carbocycles. The highest BCUT2D eigenvalue weighted by Crippen LogP contribution is 2.45. The zero-order chi connectivity index (χ0) is 14.3. The molecule has 2 aliphatic rings. The number of imide groups is 2. The molecule has 1 unspecified atom stereocenters. The van der Waals surface area contributed by atoms with E-state index in [1.54, 1.807) is 25.4 Å². The molecule has 1 aromatic heterocycles. The van der Waals surface area contributed by atoms with E-state index >= 15 is 0 Å². The first kappa shape index (κ1) is 12.8. The van der Waals surface area contributed by atoms with Gasteiger partial charge in [-0.1, -0.05) is 12.5 Å². The van der Waals surface area contributed by atoms with Gasteiger partial charge in [-0.25, -0.2) is 4.79 Å². The SMILES string of the molecule is CC(c1cccnc1)N1C(=O)NC(=O)C2(CCC2)C1=O. The molecule has 2 heterocycles. The molecule has 1 aromatic rings. The predicted octanol–water partition coefficient (Wildman–Crippen LogP) is 1.39. The first-order valence-corrected chi connectivity index (χ1v) is 6.65. The van der Waals surface area contributed by atoms with Crippen molar-refractivity contribution < 1.29 is 14.4 Å². The van der Waals surface area contributed by atoms with Crippen molar-refractivity contribution in [3.05, 3.63) is 30.1 Å². The molecule has 6 heteroatoms. The van der Waals surface area contributed by atoms with E-state index in [4.69, 9.17) is 0 Å². The van der Waals surface area contributed by atoms with Crippen LogP contribution in [0.15, 0.2) is 24.5 Å². The summed E-state index contributed by atoms with van der Waals surface area (Å²) >= 11 is 0. The Labute approximate surface area is 116 Å². The van der Waals surface area contributed by atoms with Crippen molar-refractivity contribution in [1.82, 2.24) is 15.2 Å². The number of aromatic nitrogens is 1. The Hall–Kier alpha value is -2.24. The number of carbonyl (C=O) groups excluding carboxylic acids is 3. The molecule has 3 rings (SSSR count). The van der Waals surface area contributed by atoms with Gasteiger partial charge in [-0.3, -0.25) is 24.8 Å². The van der Waals surface area contributed by atoms with E-state index in [2.05, 4.69) is 10.3 Å². The molecule has 4 amide bonds. The Morgan fingerprint density at radius 2 is 2.10 bits per heavy atom. The molecule has 1 aliphatic heterocycles. The molecule has 1 atom stereocenters. The van der Waals surface area contributed by atoms with Gasteiger partial charge in [-0.2, -0.15) is 0 Å². The van der Waals surface area contributed by atoms with Crippen LogP contribution in [-0.4, -0.2) is 27.7 Å². The molecule has 1 N–H and O–H groups in total.